The van der Waals surface area contributed by atoms with Gasteiger partial charge in [-0.15, -0.1) is 11.8 Å². The molecule has 1 rings (SSSR count). The minimum atomic E-state index is -0.111. The lowest BCUT2D eigenvalue weighted by molar-refractivity contribution is 0.615. The second-order valence-electron chi connectivity index (χ2n) is 2.50. The van der Waals surface area contributed by atoms with Gasteiger partial charge in [0.2, 0.25) is 0 Å². The molecule has 2 heteroatoms. The fourth-order valence-corrected chi connectivity index (χ4v) is 1.65. The average molecular weight is 170 g/mol. The Morgan fingerprint density at radius 3 is 2.36 bits per heavy atom. The van der Waals surface area contributed by atoms with Crippen LogP contribution in [0, 0.1) is 19.7 Å². The van der Waals surface area contributed by atoms with E-state index in [1.807, 2.05) is 26.2 Å². The van der Waals surface area contributed by atoms with Gasteiger partial charge in [-0.3, -0.25) is 0 Å². The van der Waals surface area contributed by atoms with E-state index in [2.05, 4.69) is 0 Å². The van der Waals surface area contributed by atoms with Gasteiger partial charge in [-0.05, 0) is 43.4 Å². The molecule has 0 N–H and O–H groups in total. The molecule has 0 nitrogen and oxygen atoms in total. The van der Waals surface area contributed by atoms with Gasteiger partial charge in [-0.25, -0.2) is 4.39 Å². The summed E-state index contributed by atoms with van der Waals surface area (Å²) in [6.45, 7) is 3.76. The van der Waals surface area contributed by atoms with Gasteiger partial charge >= 0.3 is 0 Å². The SMILES string of the molecule is CSc1ccc(F)c(C)c1C. The molecule has 1 aromatic rings. The van der Waals surface area contributed by atoms with E-state index in [0.29, 0.717) is 0 Å². The van der Waals surface area contributed by atoms with Crippen LogP contribution in [0.1, 0.15) is 11.1 Å². The van der Waals surface area contributed by atoms with Crippen molar-refractivity contribution < 1.29 is 4.39 Å². The summed E-state index contributed by atoms with van der Waals surface area (Å²) in [6, 6.07) is 3.34. The maximum atomic E-state index is 12.9. The largest absolute Gasteiger partial charge is 0.207 e. The predicted molar refractivity (Wildman–Crippen MR) is 47.7 cm³/mol. The van der Waals surface area contributed by atoms with Gasteiger partial charge in [0, 0.05) is 4.90 Å². The van der Waals surface area contributed by atoms with Gasteiger partial charge in [-0.1, -0.05) is 0 Å². The Labute approximate surface area is 70.8 Å². The van der Waals surface area contributed by atoms with Crippen LogP contribution in [0.4, 0.5) is 4.39 Å². The lowest BCUT2D eigenvalue weighted by atomic mass is 10.1. The van der Waals surface area contributed by atoms with E-state index in [0.717, 1.165) is 16.0 Å². The third kappa shape index (κ3) is 1.56. The molecule has 0 saturated carbocycles. The van der Waals surface area contributed by atoms with Crippen LogP contribution in [0.25, 0.3) is 0 Å². The zero-order valence-electron chi connectivity index (χ0n) is 6.94. The first-order valence-electron chi connectivity index (χ1n) is 3.46. The van der Waals surface area contributed by atoms with Crippen LogP contribution in [0.15, 0.2) is 17.0 Å². The Morgan fingerprint density at radius 2 is 1.82 bits per heavy atom. The monoisotopic (exact) mass is 170 g/mol. The molecule has 0 aromatic heterocycles. The smallest absolute Gasteiger partial charge is 0.126 e. The lowest BCUT2D eigenvalue weighted by Gasteiger charge is -2.05. The molecular formula is C9H11FS. The molecule has 0 aliphatic carbocycles. The molecule has 0 aliphatic heterocycles. The van der Waals surface area contributed by atoms with Crippen molar-refractivity contribution >= 4 is 11.8 Å². The molecule has 0 atom stereocenters. The van der Waals surface area contributed by atoms with Gasteiger partial charge in [0.15, 0.2) is 0 Å². The van der Waals surface area contributed by atoms with Crippen LogP contribution >= 0.6 is 11.8 Å². The second kappa shape index (κ2) is 3.26. The summed E-state index contributed by atoms with van der Waals surface area (Å²) in [4.78, 5) is 1.16. The highest BCUT2D eigenvalue weighted by Crippen LogP contribution is 2.23. The van der Waals surface area contributed by atoms with Gasteiger partial charge in [0.05, 0.1) is 0 Å². The van der Waals surface area contributed by atoms with Crippen molar-refractivity contribution in [1.82, 2.24) is 0 Å². The summed E-state index contributed by atoms with van der Waals surface area (Å²) < 4.78 is 12.9. The first-order valence-corrected chi connectivity index (χ1v) is 4.69. The predicted octanol–water partition coefficient (Wildman–Crippen LogP) is 3.16. The normalized spacial score (nSPS) is 10.2. The van der Waals surface area contributed by atoms with Crippen LogP contribution in [-0.4, -0.2) is 6.26 Å². The van der Waals surface area contributed by atoms with E-state index in [1.165, 1.54) is 6.07 Å². The number of benzene rings is 1. The number of halogens is 1. The molecule has 0 amide bonds. The molecule has 0 heterocycles. The number of rotatable bonds is 1. The third-order valence-electron chi connectivity index (χ3n) is 1.89. The molecule has 0 spiro atoms. The van der Waals surface area contributed by atoms with E-state index in [-0.39, 0.29) is 5.82 Å². The average Bonchev–Trinajstić information content (AvgIpc) is 2.01. The van der Waals surface area contributed by atoms with E-state index in [1.54, 1.807) is 11.8 Å². The van der Waals surface area contributed by atoms with Crippen LogP contribution in [0.5, 0.6) is 0 Å². The first-order chi connectivity index (χ1) is 5.16. The van der Waals surface area contributed by atoms with Crippen LogP contribution in [0.2, 0.25) is 0 Å². The summed E-state index contributed by atoms with van der Waals surface area (Å²) in [5, 5.41) is 0. The van der Waals surface area contributed by atoms with E-state index in [9.17, 15) is 4.39 Å². The van der Waals surface area contributed by atoms with Gasteiger partial charge < -0.3 is 0 Å². The van der Waals surface area contributed by atoms with Gasteiger partial charge in [0.1, 0.15) is 5.82 Å². The summed E-state index contributed by atoms with van der Waals surface area (Å²) in [6.07, 6.45) is 2.00. The highest BCUT2D eigenvalue weighted by molar-refractivity contribution is 7.98. The number of thioether (sulfide) groups is 1. The number of hydrogen-bond acceptors (Lipinski definition) is 1. The standard InChI is InChI=1S/C9H11FS/c1-6-7(2)9(11-3)5-4-8(6)10/h4-5H,1-3H3. The molecule has 0 unspecified atom stereocenters. The molecule has 0 saturated heterocycles. The maximum absolute atomic E-state index is 12.9. The van der Waals surface area contributed by atoms with Crippen molar-refractivity contribution in [2.45, 2.75) is 18.7 Å². The molecule has 0 radical (unpaired) electrons. The summed E-state index contributed by atoms with van der Waals surface area (Å²) in [5.41, 5.74) is 1.81. The molecule has 11 heavy (non-hydrogen) atoms. The summed E-state index contributed by atoms with van der Waals surface area (Å²) >= 11 is 1.65. The van der Waals surface area contributed by atoms with Gasteiger partial charge in [0.25, 0.3) is 0 Å². The molecule has 0 fully saturated rings. The Hall–Kier alpha value is -0.500. The zero-order chi connectivity index (χ0) is 8.43. The fourth-order valence-electron chi connectivity index (χ4n) is 0.984. The van der Waals surface area contributed by atoms with E-state index in [4.69, 9.17) is 0 Å². The Bertz CT molecular complexity index is 269. The zero-order valence-corrected chi connectivity index (χ0v) is 7.76. The third-order valence-corrected chi connectivity index (χ3v) is 2.77. The van der Waals surface area contributed by atoms with Crippen molar-refractivity contribution in [2.24, 2.45) is 0 Å². The molecule has 1 aromatic carbocycles. The summed E-state index contributed by atoms with van der Waals surface area (Å²) in [7, 11) is 0. The van der Waals surface area contributed by atoms with E-state index >= 15 is 0 Å². The fraction of sp³-hybridized carbons (Fsp3) is 0.333. The van der Waals surface area contributed by atoms with Crippen molar-refractivity contribution in [2.75, 3.05) is 6.26 Å². The van der Waals surface area contributed by atoms with Crippen molar-refractivity contribution in [3.8, 4) is 0 Å². The topological polar surface area (TPSA) is 0 Å². The minimum Gasteiger partial charge on any atom is -0.207 e. The van der Waals surface area contributed by atoms with Gasteiger partial charge in [-0.2, -0.15) is 0 Å². The van der Waals surface area contributed by atoms with Crippen LogP contribution < -0.4 is 0 Å². The molecule has 0 aliphatic rings. The Kier molecular flexibility index (Phi) is 2.55. The molecule has 0 bridgehead atoms. The maximum Gasteiger partial charge on any atom is 0.126 e. The molecular weight excluding hydrogens is 159 g/mol. The van der Waals surface area contributed by atoms with Crippen LogP contribution in [0.3, 0.4) is 0 Å². The highest BCUT2D eigenvalue weighted by Gasteiger charge is 2.03. The second-order valence-corrected chi connectivity index (χ2v) is 3.35. The lowest BCUT2D eigenvalue weighted by Crippen LogP contribution is -1.88. The highest BCUT2D eigenvalue weighted by atomic mass is 32.2. The minimum absolute atomic E-state index is 0.111. The quantitative estimate of drug-likeness (QED) is 0.583. The van der Waals surface area contributed by atoms with Crippen molar-refractivity contribution in [1.29, 1.82) is 0 Å². The Balaban J connectivity index is 3.25. The van der Waals surface area contributed by atoms with Crippen LogP contribution in [-0.2, 0) is 0 Å². The number of hydrogen-bond donors (Lipinski definition) is 0. The first kappa shape index (κ1) is 8.60. The molecule has 60 valence electrons. The Morgan fingerprint density at radius 1 is 1.18 bits per heavy atom. The van der Waals surface area contributed by atoms with Crippen molar-refractivity contribution in [3.63, 3.8) is 0 Å². The van der Waals surface area contributed by atoms with E-state index < -0.39 is 0 Å². The van der Waals surface area contributed by atoms with Crippen molar-refractivity contribution in [3.05, 3.63) is 29.1 Å². The summed E-state index contributed by atoms with van der Waals surface area (Å²) in [5.74, 6) is -0.111.